The number of hydrogen-bond acceptors (Lipinski definition) is 2. The highest BCUT2D eigenvalue weighted by Gasteiger charge is 2.19. The molecule has 138 valence electrons. The van der Waals surface area contributed by atoms with Gasteiger partial charge in [0, 0.05) is 25.6 Å². The molecule has 0 fully saturated rings. The molecule has 2 aromatic carbocycles. The van der Waals surface area contributed by atoms with Gasteiger partial charge in [0.1, 0.15) is 5.82 Å². The lowest BCUT2D eigenvalue weighted by molar-refractivity contribution is -0.116. The van der Waals surface area contributed by atoms with Crippen LogP contribution in [0.1, 0.15) is 48.2 Å². The largest absolute Gasteiger partial charge is 0.350 e. The minimum Gasteiger partial charge on any atom is -0.350 e. The molecule has 0 saturated carbocycles. The van der Waals surface area contributed by atoms with Gasteiger partial charge in [-0.2, -0.15) is 0 Å². The average Bonchev–Trinajstić information content (AvgIpc) is 2.58. The van der Waals surface area contributed by atoms with Crippen molar-refractivity contribution >= 4 is 17.5 Å². The van der Waals surface area contributed by atoms with Crippen molar-refractivity contribution < 1.29 is 14.0 Å². The van der Waals surface area contributed by atoms with Crippen LogP contribution in [0.4, 0.5) is 10.1 Å². The number of anilines is 1. The van der Waals surface area contributed by atoms with Gasteiger partial charge in [0.25, 0.3) is 5.91 Å². The molecule has 0 unspecified atom stereocenters. The number of nitrogens with one attached hydrogen (secondary N) is 1. The molecule has 26 heavy (non-hydrogen) atoms. The first-order valence-electron chi connectivity index (χ1n) is 8.72. The van der Waals surface area contributed by atoms with Crippen LogP contribution in [-0.4, -0.2) is 24.9 Å². The third-order valence-electron chi connectivity index (χ3n) is 4.25. The molecule has 2 aromatic rings. The Morgan fingerprint density at radius 2 is 1.85 bits per heavy atom. The summed E-state index contributed by atoms with van der Waals surface area (Å²) in [5.41, 5.74) is 3.27. The van der Waals surface area contributed by atoms with Crippen LogP contribution < -0.4 is 10.2 Å². The highest BCUT2D eigenvalue weighted by atomic mass is 19.1. The van der Waals surface area contributed by atoms with Crippen LogP contribution in [0.2, 0.25) is 0 Å². The van der Waals surface area contributed by atoms with E-state index in [-0.39, 0.29) is 29.8 Å². The van der Waals surface area contributed by atoms with Gasteiger partial charge in [-0.25, -0.2) is 4.39 Å². The molecule has 0 aliphatic carbocycles. The smallest absolute Gasteiger partial charge is 0.251 e. The Balaban J connectivity index is 2.13. The normalized spacial score (nSPS) is 10.7. The number of amides is 2. The highest BCUT2D eigenvalue weighted by molar-refractivity contribution is 5.95. The predicted octanol–water partition coefficient (Wildman–Crippen LogP) is 4.04. The molecule has 0 heterocycles. The van der Waals surface area contributed by atoms with E-state index in [9.17, 15) is 14.0 Å². The molecule has 0 radical (unpaired) electrons. The van der Waals surface area contributed by atoms with E-state index in [1.54, 1.807) is 11.0 Å². The van der Waals surface area contributed by atoms with Crippen molar-refractivity contribution in [2.24, 2.45) is 0 Å². The molecular formula is C21H25FN2O2. The number of benzene rings is 2. The molecule has 0 aliphatic rings. The second-order valence-corrected chi connectivity index (χ2v) is 6.60. The summed E-state index contributed by atoms with van der Waals surface area (Å²) in [6, 6.07) is 11.5. The van der Waals surface area contributed by atoms with E-state index in [2.05, 4.69) is 19.2 Å². The van der Waals surface area contributed by atoms with Gasteiger partial charge in [-0.3, -0.25) is 9.59 Å². The van der Waals surface area contributed by atoms with Crippen LogP contribution in [0.15, 0.2) is 42.5 Å². The fraction of sp³-hybridized carbons (Fsp3) is 0.333. The van der Waals surface area contributed by atoms with Crippen molar-refractivity contribution in [3.63, 3.8) is 0 Å². The maximum Gasteiger partial charge on any atom is 0.251 e. The summed E-state index contributed by atoms with van der Waals surface area (Å²) >= 11 is 0. The number of aryl methyl sites for hydroxylation is 1. The Morgan fingerprint density at radius 3 is 2.46 bits per heavy atom. The number of carbonyl (C=O) groups excluding carboxylic acids is 2. The summed E-state index contributed by atoms with van der Waals surface area (Å²) in [5.74, 6) is -0.624. The standard InChI is InChI=1S/C21H25FN2O2/c1-14(2)19-10-5-7-15(3)20(19)24(16(4)25)12-11-23-21(26)17-8-6-9-18(22)13-17/h5-10,13-14H,11-12H2,1-4H3,(H,23,26). The van der Waals surface area contributed by atoms with Gasteiger partial charge in [0.15, 0.2) is 0 Å². The van der Waals surface area contributed by atoms with Crippen LogP contribution in [0.3, 0.4) is 0 Å². The summed E-state index contributed by atoms with van der Waals surface area (Å²) < 4.78 is 13.2. The zero-order valence-electron chi connectivity index (χ0n) is 15.7. The molecule has 1 N–H and O–H groups in total. The van der Waals surface area contributed by atoms with Crippen molar-refractivity contribution in [3.05, 3.63) is 65.0 Å². The molecule has 5 heteroatoms. The second kappa shape index (κ2) is 8.61. The van der Waals surface area contributed by atoms with E-state index in [1.165, 1.54) is 25.1 Å². The van der Waals surface area contributed by atoms with Crippen molar-refractivity contribution in [2.75, 3.05) is 18.0 Å². The molecular weight excluding hydrogens is 331 g/mol. The van der Waals surface area contributed by atoms with Gasteiger partial charge >= 0.3 is 0 Å². The summed E-state index contributed by atoms with van der Waals surface area (Å²) in [6.45, 7) is 8.29. The van der Waals surface area contributed by atoms with Gasteiger partial charge in [0.2, 0.25) is 5.91 Å². The Labute approximate surface area is 154 Å². The number of rotatable bonds is 6. The van der Waals surface area contributed by atoms with Gasteiger partial charge < -0.3 is 10.2 Å². The number of halogens is 1. The van der Waals surface area contributed by atoms with Crippen LogP contribution in [0.5, 0.6) is 0 Å². The summed E-state index contributed by atoms with van der Waals surface area (Å²) in [7, 11) is 0. The monoisotopic (exact) mass is 356 g/mol. The lowest BCUT2D eigenvalue weighted by Gasteiger charge is -2.27. The Hall–Kier alpha value is -2.69. The van der Waals surface area contributed by atoms with E-state index in [0.717, 1.165) is 16.8 Å². The molecule has 0 aromatic heterocycles. The first kappa shape index (κ1) is 19.6. The topological polar surface area (TPSA) is 49.4 Å². The van der Waals surface area contributed by atoms with Crippen LogP contribution in [-0.2, 0) is 4.79 Å². The van der Waals surface area contributed by atoms with Crippen molar-refractivity contribution in [1.82, 2.24) is 5.32 Å². The lowest BCUT2D eigenvalue weighted by atomic mass is 9.97. The molecule has 0 spiro atoms. The SMILES string of the molecule is CC(=O)N(CCNC(=O)c1cccc(F)c1)c1c(C)cccc1C(C)C. The number of hydrogen-bond donors (Lipinski definition) is 1. The zero-order chi connectivity index (χ0) is 19.3. The van der Waals surface area contributed by atoms with Crippen molar-refractivity contribution in [1.29, 1.82) is 0 Å². The number of para-hydroxylation sites is 1. The Bertz CT molecular complexity index is 802. The highest BCUT2D eigenvalue weighted by Crippen LogP contribution is 2.30. The van der Waals surface area contributed by atoms with E-state index in [0.29, 0.717) is 6.54 Å². The minimum atomic E-state index is -0.454. The molecule has 0 aliphatic heterocycles. The quantitative estimate of drug-likeness (QED) is 0.849. The van der Waals surface area contributed by atoms with E-state index in [4.69, 9.17) is 0 Å². The maximum absolute atomic E-state index is 13.2. The Kier molecular flexibility index (Phi) is 6.50. The van der Waals surface area contributed by atoms with E-state index < -0.39 is 5.82 Å². The molecule has 0 atom stereocenters. The number of carbonyl (C=O) groups is 2. The molecule has 2 rings (SSSR count). The van der Waals surface area contributed by atoms with E-state index in [1.807, 2.05) is 25.1 Å². The van der Waals surface area contributed by atoms with Crippen molar-refractivity contribution in [2.45, 2.75) is 33.6 Å². The summed E-state index contributed by atoms with van der Waals surface area (Å²) in [6.07, 6.45) is 0. The minimum absolute atomic E-state index is 0.0822. The molecule has 4 nitrogen and oxygen atoms in total. The fourth-order valence-electron chi connectivity index (χ4n) is 2.96. The Morgan fingerprint density at radius 1 is 1.15 bits per heavy atom. The first-order valence-corrected chi connectivity index (χ1v) is 8.72. The number of nitrogens with zero attached hydrogens (tertiary/aromatic N) is 1. The van der Waals surface area contributed by atoms with Gasteiger partial charge in [-0.1, -0.05) is 38.1 Å². The second-order valence-electron chi connectivity index (χ2n) is 6.60. The van der Waals surface area contributed by atoms with Gasteiger partial charge in [-0.15, -0.1) is 0 Å². The molecule has 2 amide bonds. The van der Waals surface area contributed by atoms with Crippen LogP contribution in [0, 0.1) is 12.7 Å². The lowest BCUT2D eigenvalue weighted by Crippen LogP contribution is -2.38. The third kappa shape index (κ3) is 4.69. The van der Waals surface area contributed by atoms with Gasteiger partial charge in [0.05, 0.1) is 5.69 Å². The van der Waals surface area contributed by atoms with E-state index >= 15 is 0 Å². The fourth-order valence-corrected chi connectivity index (χ4v) is 2.96. The molecule has 0 saturated heterocycles. The summed E-state index contributed by atoms with van der Waals surface area (Å²) in [4.78, 5) is 26.1. The first-order chi connectivity index (χ1) is 12.3. The predicted molar refractivity (Wildman–Crippen MR) is 102 cm³/mol. The van der Waals surface area contributed by atoms with Crippen LogP contribution in [0.25, 0.3) is 0 Å². The van der Waals surface area contributed by atoms with Crippen LogP contribution >= 0.6 is 0 Å². The third-order valence-corrected chi connectivity index (χ3v) is 4.25. The average molecular weight is 356 g/mol. The maximum atomic E-state index is 13.2. The summed E-state index contributed by atoms with van der Waals surface area (Å²) in [5, 5.41) is 2.75. The van der Waals surface area contributed by atoms with Gasteiger partial charge in [-0.05, 0) is 42.2 Å². The molecule has 0 bridgehead atoms. The van der Waals surface area contributed by atoms with Crippen molar-refractivity contribution in [3.8, 4) is 0 Å². The zero-order valence-corrected chi connectivity index (χ0v) is 15.7.